The van der Waals surface area contributed by atoms with Crippen molar-refractivity contribution >= 4 is 34.3 Å². The van der Waals surface area contributed by atoms with Crippen molar-refractivity contribution < 1.29 is 19.1 Å². The summed E-state index contributed by atoms with van der Waals surface area (Å²) >= 11 is 0. The quantitative estimate of drug-likeness (QED) is 0.234. The van der Waals surface area contributed by atoms with E-state index in [-0.39, 0.29) is 24.3 Å². The molecule has 4 aromatic rings. The number of carbonyl (C=O) groups excluding carboxylic acids is 2. The molecule has 0 spiro atoms. The van der Waals surface area contributed by atoms with Gasteiger partial charge >= 0.3 is 12.2 Å². The number of aromatic nitrogens is 4. The summed E-state index contributed by atoms with van der Waals surface area (Å²) in [6.45, 7) is 12.5. The van der Waals surface area contributed by atoms with E-state index in [1.165, 1.54) is 0 Å². The number of aromatic amines is 2. The molecule has 0 bridgehead atoms. The molecule has 46 heavy (non-hydrogen) atoms. The number of nitrogens with zero attached hydrogens (tertiary/aromatic N) is 4. The highest BCUT2D eigenvalue weighted by Gasteiger charge is 2.36. The van der Waals surface area contributed by atoms with Crippen molar-refractivity contribution in [3.63, 3.8) is 0 Å². The van der Waals surface area contributed by atoms with Crippen LogP contribution in [-0.2, 0) is 9.47 Å². The van der Waals surface area contributed by atoms with Gasteiger partial charge in [0.25, 0.3) is 0 Å². The molecule has 2 fully saturated rings. The summed E-state index contributed by atoms with van der Waals surface area (Å²) in [5.41, 5.74) is 3.89. The maximum absolute atomic E-state index is 12.8. The van der Waals surface area contributed by atoms with Gasteiger partial charge in [0.1, 0.15) is 22.9 Å². The van der Waals surface area contributed by atoms with Crippen LogP contribution >= 0.6 is 0 Å². The van der Waals surface area contributed by atoms with Crippen molar-refractivity contribution in [1.82, 2.24) is 29.7 Å². The zero-order chi connectivity index (χ0) is 32.6. The first-order valence-electron chi connectivity index (χ1n) is 15.8. The number of rotatable bonds is 2. The van der Waals surface area contributed by atoms with Crippen molar-refractivity contribution in [3.8, 4) is 23.7 Å². The van der Waals surface area contributed by atoms with Gasteiger partial charge in [-0.25, -0.2) is 19.6 Å². The minimum Gasteiger partial charge on any atom is -0.444 e. The second-order valence-electron chi connectivity index (χ2n) is 13.9. The molecule has 2 amide bonds. The minimum absolute atomic E-state index is 0.145. The molecular formula is C36H40N6O4. The van der Waals surface area contributed by atoms with Gasteiger partial charge < -0.3 is 19.4 Å². The fourth-order valence-electron chi connectivity index (χ4n) is 5.92. The Morgan fingerprint density at radius 3 is 1.52 bits per heavy atom. The highest BCUT2D eigenvalue weighted by atomic mass is 16.6. The van der Waals surface area contributed by atoms with Gasteiger partial charge in [-0.2, -0.15) is 0 Å². The molecule has 2 N–H and O–H groups in total. The lowest BCUT2D eigenvalue weighted by atomic mass is 10.2. The van der Waals surface area contributed by atoms with Gasteiger partial charge in [0, 0.05) is 24.2 Å². The number of amides is 2. The second-order valence-corrected chi connectivity index (χ2v) is 13.9. The van der Waals surface area contributed by atoms with Gasteiger partial charge in [-0.05, 0) is 115 Å². The zero-order valence-electron chi connectivity index (χ0n) is 27.3. The number of H-pyrrole nitrogens is 2. The molecule has 0 unspecified atom stereocenters. The molecule has 2 atom stereocenters. The maximum atomic E-state index is 12.8. The summed E-state index contributed by atoms with van der Waals surface area (Å²) in [6.07, 6.45) is 2.84. The molecule has 2 aliphatic heterocycles. The Balaban J connectivity index is 1.14. The van der Waals surface area contributed by atoms with E-state index >= 15 is 0 Å². The predicted molar refractivity (Wildman–Crippen MR) is 176 cm³/mol. The topological polar surface area (TPSA) is 116 Å². The number of carbonyl (C=O) groups is 2. The third-order valence-electron chi connectivity index (χ3n) is 7.87. The minimum atomic E-state index is -0.550. The lowest BCUT2D eigenvalue weighted by Crippen LogP contribution is -2.36. The monoisotopic (exact) mass is 620 g/mol. The van der Waals surface area contributed by atoms with E-state index in [0.29, 0.717) is 13.1 Å². The van der Waals surface area contributed by atoms with Gasteiger partial charge in [0.05, 0.1) is 34.2 Å². The van der Waals surface area contributed by atoms with Crippen LogP contribution in [0, 0.1) is 23.7 Å². The molecule has 4 heterocycles. The molecule has 6 rings (SSSR count). The number of imidazole rings is 2. The highest BCUT2D eigenvalue weighted by Crippen LogP contribution is 2.34. The van der Waals surface area contributed by atoms with Crippen LogP contribution in [0.15, 0.2) is 36.4 Å². The molecule has 0 saturated carbocycles. The zero-order valence-corrected chi connectivity index (χ0v) is 27.3. The Kier molecular flexibility index (Phi) is 8.16. The molecule has 238 valence electrons. The van der Waals surface area contributed by atoms with Crippen molar-refractivity contribution in [2.75, 3.05) is 13.1 Å². The van der Waals surface area contributed by atoms with Crippen LogP contribution in [0.5, 0.6) is 0 Å². The van der Waals surface area contributed by atoms with E-state index < -0.39 is 11.2 Å². The van der Waals surface area contributed by atoms with E-state index in [9.17, 15) is 9.59 Å². The summed E-state index contributed by atoms with van der Waals surface area (Å²) < 4.78 is 11.2. The molecule has 2 aliphatic rings. The predicted octanol–water partition coefficient (Wildman–Crippen LogP) is 6.99. The number of benzene rings is 2. The van der Waals surface area contributed by atoms with Crippen LogP contribution in [-0.4, -0.2) is 66.2 Å². The molecule has 10 nitrogen and oxygen atoms in total. The second kappa shape index (κ2) is 12.1. The number of hydrogen-bond acceptors (Lipinski definition) is 6. The number of likely N-dealkylation sites (tertiary alicyclic amines) is 2. The summed E-state index contributed by atoms with van der Waals surface area (Å²) in [4.78, 5) is 45.4. The normalized spacial score (nSPS) is 18.3. The first kappa shape index (κ1) is 31.0. The Hall–Kier alpha value is -4.96. The lowest BCUT2D eigenvalue weighted by Gasteiger charge is -2.27. The van der Waals surface area contributed by atoms with Crippen molar-refractivity contribution in [2.24, 2.45) is 0 Å². The van der Waals surface area contributed by atoms with Crippen LogP contribution in [0.1, 0.15) is 102 Å². The average molecular weight is 621 g/mol. The fourth-order valence-corrected chi connectivity index (χ4v) is 5.92. The summed E-state index contributed by atoms with van der Waals surface area (Å²) in [5, 5.41) is 0. The highest BCUT2D eigenvalue weighted by molar-refractivity contribution is 5.79. The SMILES string of the molecule is CC(C)(C)OC(=O)N1CCC[C@H]1c1nc2ccc(C#CC#Cc3ccc4nc([C@@H]5CCCN5C(=O)OC(C)(C)C)[nH]c4c3)cc2[nH]1. The number of hydrogen-bond donors (Lipinski definition) is 2. The fraction of sp³-hybridized carbons (Fsp3) is 0.444. The van der Waals surface area contributed by atoms with Gasteiger partial charge in [-0.15, -0.1) is 0 Å². The molecule has 0 aliphatic carbocycles. The van der Waals surface area contributed by atoms with E-state index in [4.69, 9.17) is 19.4 Å². The summed E-state index contributed by atoms with van der Waals surface area (Å²) in [7, 11) is 0. The van der Waals surface area contributed by atoms with E-state index in [0.717, 1.165) is 70.5 Å². The summed E-state index contributed by atoms with van der Waals surface area (Å²) in [6, 6.07) is 11.3. The maximum Gasteiger partial charge on any atom is 0.410 e. The molecule has 2 aromatic carbocycles. The van der Waals surface area contributed by atoms with Crippen molar-refractivity contribution in [1.29, 1.82) is 0 Å². The Morgan fingerprint density at radius 2 is 1.13 bits per heavy atom. The average Bonchev–Trinajstić information content (AvgIpc) is 3.77. The van der Waals surface area contributed by atoms with E-state index in [2.05, 4.69) is 33.6 Å². The first-order valence-corrected chi connectivity index (χ1v) is 15.8. The number of fused-ring (bicyclic) bond motifs is 2. The molecule has 0 radical (unpaired) electrons. The van der Waals surface area contributed by atoms with Crippen LogP contribution in [0.25, 0.3) is 22.1 Å². The van der Waals surface area contributed by atoms with Crippen LogP contribution in [0.4, 0.5) is 9.59 Å². The lowest BCUT2D eigenvalue weighted by molar-refractivity contribution is 0.0208. The number of ether oxygens (including phenoxy) is 2. The third kappa shape index (κ3) is 6.97. The third-order valence-corrected chi connectivity index (χ3v) is 7.87. The van der Waals surface area contributed by atoms with Gasteiger partial charge in [0.2, 0.25) is 0 Å². The molecule has 2 saturated heterocycles. The Labute approximate surface area is 269 Å². The largest absolute Gasteiger partial charge is 0.444 e. The van der Waals surface area contributed by atoms with E-state index in [1.807, 2.05) is 77.9 Å². The van der Waals surface area contributed by atoms with Gasteiger partial charge in [-0.1, -0.05) is 11.8 Å². The van der Waals surface area contributed by atoms with Crippen molar-refractivity contribution in [2.45, 2.75) is 90.5 Å². The van der Waals surface area contributed by atoms with Gasteiger partial charge in [0.15, 0.2) is 0 Å². The standard InChI is InChI=1S/C36H40N6O4/c1-35(2,3)45-33(43)41-19-9-13-29(41)31-37-25-17-15-23(21-27(25)39-31)11-7-8-12-24-16-18-26-28(22-24)40-32(38-26)30-14-10-20-42(30)34(44)46-36(4,5)6/h15-18,21-22,29-30H,9-10,13-14,19-20H2,1-6H3,(H,37,39)(H,38,40)/t29-,30-/m0/s1. The smallest absolute Gasteiger partial charge is 0.410 e. The first-order chi connectivity index (χ1) is 21.8. The van der Waals surface area contributed by atoms with Crippen LogP contribution < -0.4 is 0 Å². The van der Waals surface area contributed by atoms with Crippen LogP contribution in [0.3, 0.4) is 0 Å². The molecule has 10 heteroatoms. The van der Waals surface area contributed by atoms with Gasteiger partial charge in [-0.3, -0.25) is 9.80 Å². The van der Waals surface area contributed by atoms with Crippen LogP contribution in [0.2, 0.25) is 0 Å². The van der Waals surface area contributed by atoms with Crippen molar-refractivity contribution in [3.05, 3.63) is 59.2 Å². The Morgan fingerprint density at radius 1 is 0.717 bits per heavy atom. The molecule has 2 aromatic heterocycles. The Bertz CT molecular complexity index is 1780. The number of nitrogens with one attached hydrogen (secondary N) is 2. The summed E-state index contributed by atoms with van der Waals surface area (Å²) in [5.74, 6) is 13.7. The van der Waals surface area contributed by atoms with E-state index in [1.54, 1.807) is 9.80 Å². The molecular weight excluding hydrogens is 580 g/mol.